The van der Waals surface area contributed by atoms with Gasteiger partial charge in [-0.3, -0.25) is 4.79 Å². The van der Waals surface area contributed by atoms with Gasteiger partial charge in [0.1, 0.15) is 0 Å². The van der Waals surface area contributed by atoms with Crippen LogP contribution in [0.4, 0.5) is 11.4 Å². The van der Waals surface area contributed by atoms with E-state index in [9.17, 15) is 4.79 Å². The van der Waals surface area contributed by atoms with Gasteiger partial charge in [0.2, 0.25) is 0 Å². The molecule has 0 unspecified atom stereocenters. The third-order valence-electron chi connectivity index (χ3n) is 3.27. The number of nitrogens with one attached hydrogen (secondary N) is 1. The lowest BCUT2D eigenvalue weighted by molar-refractivity contribution is 0.102. The van der Waals surface area contributed by atoms with Crippen LogP contribution in [0.15, 0.2) is 60.7 Å². The molecule has 4 heteroatoms. The second-order valence-corrected chi connectivity index (χ2v) is 5.16. The summed E-state index contributed by atoms with van der Waals surface area (Å²) in [6.07, 6.45) is 0. The fourth-order valence-corrected chi connectivity index (χ4v) is 2.32. The standard InChI is InChI=1S/C17H13ClN2O/c18-15-10-13(6-8-16(15)19)17(21)20-14-7-5-11-3-1-2-4-12(11)9-14/h1-10H,19H2,(H,20,21). The van der Waals surface area contributed by atoms with E-state index >= 15 is 0 Å². The molecule has 0 spiro atoms. The summed E-state index contributed by atoms with van der Waals surface area (Å²) in [7, 11) is 0. The van der Waals surface area contributed by atoms with E-state index < -0.39 is 0 Å². The molecule has 0 aliphatic rings. The Kier molecular flexibility index (Phi) is 3.50. The maximum absolute atomic E-state index is 12.2. The quantitative estimate of drug-likeness (QED) is 0.692. The van der Waals surface area contributed by atoms with Crippen LogP contribution in [0.1, 0.15) is 10.4 Å². The van der Waals surface area contributed by atoms with Gasteiger partial charge in [-0.15, -0.1) is 0 Å². The number of halogens is 1. The highest BCUT2D eigenvalue weighted by Gasteiger charge is 2.08. The maximum atomic E-state index is 12.2. The number of hydrogen-bond donors (Lipinski definition) is 2. The maximum Gasteiger partial charge on any atom is 0.255 e. The molecule has 0 radical (unpaired) electrons. The number of carbonyl (C=O) groups is 1. The smallest absolute Gasteiger partial charge is 0.255 e. The van der Waals surface area contributed by atoms with Crippen molar-refractivity contribution in [2.45, 2.75) is 0 Å². The lowest BCUT2D eigenvalue weighted by Crippen LogP contribution is -2.11. The Labute approximate surface area is 127 Å². The van der Waals surface area contributed by atoms with Crippen LogP contribution >= 0.6 is 11.6 Å². The number of hydrogen-bond acceptors (Lipinski definition) is 2. The zero-order chi connectivity index (χ0) is 14.8. The molecule has 3 aromatic carbocycles. The molecule has 0 aliphatic heterocycles. The second kappa shape index (κ2) is 5.46. The number of nitrogen functional groups attached to an aromatic ring is 1. The van der Waals surface area contributed by atoms with Gasteiger partial charge in [-0.1, -0.05) is 41.9 Å². The number of fused-ring (bicyclic) bond motifs is 1. The van der Waals surface area contributed by atoms with Gasteiger partial charge in [-0.05, 0) is 41.1 Å². The fraction of sp³-hybridized carbons (Fsp3) is 0. The number of nitrogens with two attached hydrogens (primary N) is 1. The second-order valence-electron chi connectivity index (χ2n) is 4.75. The van der Waals surface area contributed by atoms with Crippen LogP contribution in [0.2, 0.25) is 5.02 Å². The summed E-state index contributed by atoms with van der Waals surface area (Å²) >= 11 is 5.93. The minimum absolute atomic E-state index is 0.216. The third-order valence-corrected chi connectivity index (χ3v) is 3.60. The van der Waals surface area contributed by atoms with E-state index in [2.05, 4.69) is 5.32 Å². The number of benzene rings is 3. The van der Waals surface area contributed by atoms with Crippen molar-refractivity contribution in [3.63, 3.8) is 0 Å². The average Bonchev–Trinajstić information content (AvgIpc) is 2.50. The van der Waals surface area contributed by atoms with Crippen molar-refractivity contribution in [2.75, 3.05) is 11.1 Å². The lowest BCUT2D eigenvalue weighted by atomic mass is 10.1. The van der Waals surface area contributed by atoms with Crippen molar-refractivity contribution >= 4 is 39.7 Å². The van der Waals surface area contributed by atoms with Crippen molar-refractivity contribution in [1.29, 1.82) is 0 Å². The first-order valence-corrected chi connectivity index (χ1v) is 6.86. The molecular weight excluding hydrogens is 284 g/mol. The van der Waals surface area contributed by atoms with E-state index in [0.717, 1.165) is 16.5 Å². The van der Waals surface area contributed by atoms with Crippen LogP contribution in [0, 0.1) is 0 Å². The largest absolute Gasteiger partial charge is 0.398 e. The van der Waals surface area contributed by atoms with Gasteiger partial charge in [0, 0.05) is 11.3 Å². The van der Waals surface area contributed by atoms with Crippen molar-refractivity contribution < 1.29 is 4.79 Å². The van der Waals surface area contributed by atoms with Crippen LogP contribution in [-0.2, 0) is 0 Å². The molecule has 0 heterocycles. The molecule has 0 bridgehead atoms. The highest BCUT2D eigenvalue weighted by Crippen LogP contribution is 2.22. The normalized spacial score (nSPS) is 10.5. The first kappa shape index (κ1) is 13.5. The average molecular weight is 297 g/mol. The molecular formula is C17H13ClN2O. The summed E-state index contributed by atoms with van der Waals surface area (Å²) in [6, 6.07) is 18.6. The molecule has 104 valence electrons. The Morgan fingerprint density at radius 3 is 2.48 bits per heavy atom. The Morgan fingerprint density at radius 1 is 0.952 bits per heavy atom. The molecule has 3 aromatic rings. The number of anilines is 2. The monoisotopic (exact) mass is 296 g/mol. The minimum Gasteiger partial charge on any atom is -0.398 e. The zero-order valence-electron chi connectivity index (χ0n) is 11.1. The summed E-state index contributed by atoms with van der Waals surface area (Å²) in [5.41, 5.74) is 7.31. The molecule has 3 rings (SSSR count). The molecule has 0 saturated heterocycles. The Bertz CT molecular complexity index is 830. The Hall–Kier alpha value is -2.52. The van der Waals surface area contributed by atoms with Gasteiger partial charge in [-0.25, -0.2) is 0 Å². The molecule has 0 atom stereocenters. The van der Waals surface area contributed by atoms with Crippen LogP contribution < -0.4 is 11.1 Å². The van der Waals surface area contributed by atoms with E-state index in [-0.39, 0.29) is 5.91 Å². The number of carbonyl (C=O) groups excluding carboxylic acids is 1. The molecule has 0 aromatic heterocycles. The molecule has 0 fully saturated rings. The third kappa shape index (κ3) is 2.83. The van der Waals surface area contributed by atoms with E-state index in [1.165, 1.54) is 0 Å². The summed E-state index contributed by atoms with van der Waals surface area (Å²) in [5.74, 6) is -0.216. The topological polar surface area (TPSA) is 55.1 Å². The molecule has 21 heavy (non-hydrogen) atoms. The molecule has 0 aliphatic carbocycles. The van der Waals surface area contributed by atoms with E-state index in [4.69, 9.17) is 17.3 Å². The lowest BCUT2D eigenvalue weighted by Gasteiger charge is -2.07. The van der Waals surface area contributed by atoms with E-state index in [1.807, 2.05) is 42.5 Å². The van der Waals surface area contributed by atoms with Crippen LogP contribution in [-0.4, -0.2) is 5.91 Å². The minimum atomic E-state index is -0.216. The summed E-state index contributed by atoms with van der Waals surface area (Å²) in [6.45, 7) is 0. The van der Waals surface area contributed by atoms with Crippen molar-refractivity contribution in [3.05, 3.63) is 71.2 Å². The van der Waals surface area contributed by atoms with Gasteiger partial charge in [0.25, 0.3) is 5.91 Å². The highest BCUT2D eigenvalue weighted by atomic mass is 35.5. The molecule has 3 N–H and O–H groups in total. The fourth-order valence-electron chi connectivity index (χ4n) is 2.14. The van der Waals surface area contributed by atoms with Gasteiger partial charge in [0.15, 0.2) is 0 Å². The van der Waals surface area contributed by atoms with Gasteiger partial charge in [-0.2, -0.15) is 0 Å². The van der Waals surface area contributed by atoms with E-state index in [1.54, 1.807) is 18.2 Å². The van der Waals surface area contributed by atoms with Crippen molar-refractivity contribution in [1.82, 2.24) is 0 Å². The zero-order valence-corrected chi connectivity index (χ0v) is 11.9. The molecule has 1 amide bonds. The van der Waals surface area contributed by atoms with Gasteiger partial charge < -0.3 is 11.1 Å². The van der Waals surface area contributed by atoms with Crippen molar-refractivity contribution in [2.24, 2.45) is 0 Å². The van der Waals surface area contributed by atoms with Crippen LogP contribution in [0.5, 0.6) is 0 Å². The Balaban J connectivity index is 1.87. The van der Waals surface area contributed by atoms with Crippen molar-refractivity contribution in [3.8, 4) is 0 Å². The summed E-state index contributed by atoms with van der Waals surface area (Å²) in [5, 5.41) is 5.44. The number of amides is 1. The summed E-state index contributed by atoms with van der Waals surface area (Å²) < 4.78 is 0. The van der Waals surface area contributed by atoms with Crippen LogP contribution in [0.3, 0.4) is 0 Å². The molecule has 3 nitrogen and oxygen atoms in total. The Morgan fingerprint density at radius 2 is 1.71 bits per heavy atom. The van der Waals surface area contributed by atoms with Crippen LogP contribution in [0.25, 0.3) is 10.8 Å². The number of rotatable bonds is 2. The highest BCUT2D eigenvalue weighted by molar-refractivity contribution is 6.33. The van der Waals surface area contributed by atoms with E-state index in [0.29, 0.717) is 16.3 Å². The first-order valence-electron chi connectivity index (χ1n) is 6.49. The predicted molar refractivity (Wildman–Crippen MR) is 87.8 cm³/mol. The first-order chi connectivity index (χ1) is 10.1. The molecule has 0 saturated carbocycles. The van der Waals surface area contributed by atoms with Gasteiger partial charge >= 0.3 is 0 Å². The predicted octanol–water partition coefficient (Wildman–Crippen LogP) is 4.33. The van der Waals surface area contributed by atoms with Gasteiger partial charge in [0.05, 0.1) is 10.7 Å². The SMILES string of the molecule is Nc1ccc(C(=O)Nc2ccc3ccccc3c2)cc1Cl. The summed E-state index contributed by atoms with van der Waals surface area (Å²) in [4.78, 5) is 12.2.